The monoisotopic (exact) mass is 332 g/mol. The summed E-state index contributed by atoms with van der Waals surface area (Å²) in [4.78, 5) is 0. The number of hydrogen-bond acceptors (Lipinski definition) is 2. The summed E-state index contributed by atoms with van der Waals surface area (Å²) in [6, 6.07) is 2.28. The lowest BCUT2D eigenvalue weighted by atomic mass is 9.80. The molecular formula is C22H36O2. The Balaban J connectivity index is 3.60. The van der Waals surface area contributed by atoms with Gasteiger partial charge in [-0.1, -0.05) is 61.5 Å². The van der Waals surface area contributed by atoms with Gasteiger partial charge in [-0.3, -0.25) is 0 Å². The molecule has 2 radical (unpaired) electrons. The van der Waals surface area contributed by atoms with Crippen molar-refractivity contribution < 1.29 is 9.84 Å². The van der Waals surface area contributed by atoms with Gasteiger partial charge in [-0.05, 0) is 40.4 Å². The maximum absolute atomic E-state index is 9.10. The average molecular weight is 333 g/mol. The molecule has 0 atom stereocenters. The first-order valence-corrected chi connectivity index (χ1v) is 9.41. The highest BCUT2D eigenvalue weighted by molar-refractivity contribution is 5.56. The van der Waals surface area contributed by atoms with Crippen LogP contribution in [0.4, 0.5) is 0 Å². The highest BCUT2D eigenvalue weighted by atomic mass is 16.5. The normalized spacial score (nSPS) is 12.0. The van der Waals surface area contributed by atoms with Crippen LogP contribution in [0, 0.1) is 12.3 Å². The summed E-state index contributed by atoms with van der Waals surface area (Å²) in [7, 11) is 0. The molecule has 2 nitrogen and oxygen atoms in total. The standard InChI is InChI=1S/C22H36O2/c1-14(2)12-18-13-19(15(3)4)22(24-11-9-10-23)21(17(7)8)20(18)16(5)6/h13-17,23H,9-11H2,1-8H3. The Labute approximate surface area is 149 Å². The lowest BCUT2D eigenvalue weighted by Gasteiger charge is -2.28. The smallest absolute Gasteiger partial charge is 0.126 e. The van der Waals surface area contributed by atoms with Crippen molar-refractivity contribution >= 4 is 0 Å². The van der Waals surface area contributed by atoms with Crippen molar-refractivity contribution in [1.29, 1.82) is 0 Å². The predicted molar refractivity (Wildman–Crippen MR) is 103 cm³/mol. The van der Waals surface area contributed by atoms with Crippen LogP contribution in [0.15, 0.2) is 6.07 Å². The van der Waals surface area contributed by atoms with Crippen molar-refractivity contribution in [3.63, 3.8) is 0 Å². The molecule has 0 saturated carbocycles. The minimum atomic E-state index is 0.165. The van der Waals surface area contributed by atoms with Crippen molar-refractivity contribution in [3.8, 4) is 5.75 Å². The zero-order valence-corrected chi connectivity index (χ0v) is 16.9. The Morgan fingerprint density at radius 3 is 1.92 bits per heavy atom. The van der Waals surface area contributed by atoms with Gasteiger partial charge in [0.1, 0.15) is 5.75 Å². The molecule has 24 heavy (non-hydrogen) atoms. The molecule has 0 heterocycles. The topological polar surface area (TPSA) is 29.5 Å². The van der Waals surface area contributed by atoms with Gasteiger partial charge < -0.3 is 9.84 Å². The van der Waals surface area contributed by atoms with E-state index in [0.717, 1.165) is 5.75 Å². The maximum Gasteiger partial charge on any atom is 0.126 e. The molecule has 0 aliphatic carbocycles. The van der Waals surface area contributed by atoms with E-state index in [-0.39, 0.29) is 6.61 Å². The van der Waals surface area contributed by atoms with E-state index in [2.05, 4.69) is 67.9 Å². The fourth-order valence-corrected chi connectivity index (χ4v) is 3.18. The Morgan fingerprint density at radius 1 is 0.917 bits per heavy atom. The molecule has 0 amide bonds. The molecule has 1 aromatic carbocycles. The zero-order valence-electron chi connectivity index (χ0n) is 16.9. The third-order valence-corrected chi connectivity index (χ3v) is 4.16. The molecule has 0 aromatic heterocycles. The molecule has 2 heteroatoms. The van der Waals surface area contributed by atoms with Gasteiger partial charge in [0, 0.05) is 25.0 Å². The van der Waals surface area contributed by atoms with E-state index >= 15 is 0 Å². The van der Waals surface area contributed by atoms with E-state index < -0.39 is 0 Å². The van der Waals surface area contributed by atoms with E-state index in [1.807, 2.05) is 0 Å². The van der Waals surface area contributed by atoms with E-state index in [9.17, 15) is 0 Å². The molecule has 0 spiro atoms. The van der Waals surface area contributed by atoms with Gasteiger partial charge in [-0.15, -0.1) is 0 Å². The van der Waals surface area contributed by atoms with Gasteiger partial charge >= 0.3 is 0 Å². The van der Waals surface area contributed by atoms with Crippen LogP contribution in [0.2, 0.25) is 0 Å². The molecule has 0 bridgehead atoms. The third kappa shape index (κ3) is 5.24. The van der Waals surface area contributed by atoms with Gasteiger partial charge in [0.05, 0.1) is 6.61 Å². The molecule has 1 rings (SSSR count). The van der Waals surface area contributed by atoms with Crippen LogP contribution in [0.5, 0.6) is 5.75 Å². The minimum Gasteiger partial charge on any atom is -0.493 e. The van der Waals surface area contributed by atoms with Crippen LogP contribution in [0.25, 0.3) is 0 Å². The molecule has 0 aliphatic rings. The van der Waals surface area contributed by atoms with Gasteiger partial charge in [0.2, 0.25) is 0 Å². The van der Waals surface area contributed by atoms with Crippen LogP contribution < -0.4 is 4.74 Å². The minimum absolute atomic E-state index is 0.165. The fourth-order valence-electron chi connectivity index (χ4n) is 3.18. The summed E-state index contributed by atoms with van der Waals surface area (Å²) in [5.41, 5.74) is 5.17. The SMILES string of the molecule is CC(C)[C]c1cc(C(C)C)c(OCCCO)c(C(C)C)c1C(C)C. The Bertz CT molecular complexity index is 513. The van der Waals surface area contributed by atoms with E-state index in [1.165, 1.54) is 22.3 Å². The number of benzene rings is 1. The van der Waals surface area contributed by atoms with Crippen molar-refractivity contribution in [2.24, 2.45) is 5.92 Å². The second-order valence-corrected chi connectivity index (χ2v) is 7.86. The summed E-state index contributed by atoms with van der Waals surface area (Å²) < 4.78 is 6.19. The first-order chi connectivity index (χ1) is 11.2. The summed E-state index contributed by atoms with van der Waals surface area (Å²) in [6.07, 6.45) is 4.31. The van der Waals surface area contributed by atoms with E-state index in [1.54, 1.807) is 0 Å². The first-order valence-electron chi connectivity index (χ1n) is 9.41. The number of hydrogen-bond donors (Lipinski definition) is 1. The van der Waals surface area contributed by atoms with Crippen molar-refractivity contribution in [2.45, 2.75) is 79.6 Å². The van der Waals surface area contributed by atoms with Gasteiger partial charge in [-0.25, -0.2) is 0 Å². The summed E-state index contributed by atoms with van der Waals surface area (Å²) in [6.45, 7) is 18.5. The maximum atomic E-state index is 9.10. The van der Waals surface area contributed by atoms with Crippen molar-refractivity contribution in [3.05, 3.63) is 34.7 Å². The Kier molecular flexibility index (Phi) is 8.29. The third-order valence-electron chi connectivity index (χ3n) is 4.16. The summed E-state index contributed by atoms with van der Waals surface area (Å²) >= 11 is 0. The molecule has 0 fully saturated rings. The lowest BCUT2D eigenvalue weighted by Crippen LogP contribution is -2.13. The zero-order chi connectivity index (χ0) is 18.4. The van der Waals surface area contributed by atoms with Crippen molar-refractivity contribution in [2.75, 3.05) is 13.2 Å². The number of aliphatic hydroxyl groups excluding tert-OH is 1. The molecule has 0 unspecified atom stereocenters. The van der Waals surface area contributed by atoms with Crippen LogP contribution in [0.3, 0.4) is 0 Å². The van der Waals surface area contributed by atoms with Crippen LogP contribution in [0.1, 0.15) is 102 Å². The Hall–Kier alpha value is -1.02. The first kappa shape index (κ1) is 21.0. The average Bonchev–Trinajstić information content (AvgIpc) is 2.46. The lowest BCUT2D eigenvalue weighted by molar-refractivity contribution is 0.230. The second kappa shape index (κ2) is 9.46. The molecule has 0 saturated heterocycles. The molecular weight excluding hydrogens is 296 g/mol. The van der Waals surface area contributed by atoms with Crippen molar-refractivity contribution in [1.82, 2.24) is 0 Å². The largest absolute Gasteiger partial charge is 0.493 e. The van der Waals surface area contributed by atoms with Gasteiger partial charge in [0.15, 0.2) is 0 Å². The van der Waals surface area contributed by atoms with Gasteiger partial charge in [0.25, 0.3) is 0 Å². The molecule has 136 valence electrons. The van der Waals surface area contributed by atoms with Crippen LogP contribution in [-0.4, -0.2) is 18.3 Å². The molecule has 0 aliphatic heterocycles. The fraction of sp³-hybridized carbons (Fsp3) is 0.682. The summed E-state index contributed by atoms with van der Waals surface area (Å²) in [5, 5.41) is 9.10. The predicted octanol–water partition coefficient (Wildman–Crippen LogP) is 5.90. The van der Waals surface area contributed by atoms with E-state index in [0.29, 0.717) is 36.7 Å². The highest BCUT2D eigenvalue weighted by Crippen LogP contribution is 2.43. The van der Waals surface area contributed by atoms with Gasteiger partial charge in [-0.2, -0.15) is 0 Å². The van der Waals surface area contributed by atoms with E-state index in [4.69, 9.17) is 9.84 Å². The number of rotatable bonds is 9. The Morgan fingerprint density at radius 2 is 1.50 bits per heavy atom. The van der Waals surface area contributed by atoms with Crippen LogP contribution >= 0.6 is 0 Å². The number of aliphatic hydroxyl groups is 1. The molecule has 1 N–H and O–H groups in total. The second-order valence-electron chi connectivity index (χ2n) is 7.86. The highest BCUT2D eigenvalue weighted by Gasteiger charge is 2.24. The number of ether oxygens (including phenoxy) is 1. The summed E-state index contributed by atoms with van der Waals surface area (Å²) in [5.74, 6) is 2.62. The quantitative estimate of drug-likeness (QED) is 0.570. The molecule has 1 aromatic rings. The van der Waals surface area contributed by atoms with Crippen LogP contribution in [-0.2, 0) is 0 Å².